The van der Waals surface area contributed by atoms with Crippen LogP contribution in [0.1, 0.15) is 5.56 Å². The molecular formula is C17H16Cl2N2S. The zero-order chi connectivity index (χ0) is 15.5. The molecule has 3 aromatic rings. The van der Waals surface area contributed by atoms with Crippen LogP contribution in [0.2, 0.25) is 10.0 Å². The van der Waals surface area contributed by atoms with Crippen molar-refractivity contribution in [3.63, 3.8) is 0 Å². The first-order valence-corrected chi connectivity index (χ1v) is 8.63. The number of fused-ring (bicyclic) bond motifs is 1. The molecule has 0 aliphatic carbocycles. The Hall–Kier alpha value is -1.13. The summed E-state index contributed by atoms with van der Waals surface area (Å²) < 4.78 is 0. The van der Waals surface area contributed by atoms with Gasteiger partial charge in [-0.05, 0) is 55.9 Å². The molecular weight excluding hydrogens is 335 g/mol. The Morgan fingerprint density at radius 1 is 1.14 bits per heavy atom. The number of halogens is 2. The molecule has 0 aliphatic rings. The number of hydrogen-bond donors (Lipinski definition) is 2. The Kier molecular flexibility index (Phi) is 4.99. The summed E-state index contributed by atoms with van der Waals surface area (Å²) >= 11 is 14.2. The van der Waals surface area contributed by atoms with Gasteiger partial charge in [-0.2, -0.15) is 0 Å². The number of benzene rings is 2. The summed E-state index contributed by atoms with van der Waals surface area (Å²) in [5, 5.41) is 5.79. The summed E-state index contributed by atoms with van der Waals surface area (Å²) in [6, 6.07) is 12.0. The smallest absolute Gasteiger partial charge is 0.0511 e. The zero-order valence-corrected chi connectivity index (χ0v) is 14.4. The van der Waals surface area contributed by atoms with Crippen molar-refractivity contribution >= 4 is 45.9 Å². The highest BCUT2D eigenvalue weighted by Crippen LogP contribution is 2.39. The normalized spacial score (nSPS) is 11.2. The van der Waals surface area contributed by atoms with Crippen molar-refractivity contribution in [1.82, 2.24) is 10.3 Å². The molecule has 1 heterocycles. The third-order valence-corrected chi connectivity index (χ3v) is 5.22. The molecule has 0 fully saturated rings. The van der Waals surface area contributed by atoms with Crippen LogP contribution in [-0.2, 0) is 6.42 Å². The SMILES string of the molecule is CNCCc1cc(Cl)ccc1Sc1c[nH]c2cccc(Cl)c12. The fraction of sp³-hybridized carbons (Fsp3) is 0.176. The molecule has 0 amide bonds. The molecule has 2 nitrogen and oxygen atoms in total. The minimum absolute atomic E-state index is 0.770. The number of aromatic nitrogens is 1. The van der Waals surface area contributed by atoms with Crippen LogP contribution in [-0.4, -0.2) is 18.6 Å². The third kappa shape index (κ3) is 3.28. The van der Waals surface area contributed by atoms with E-state index in [-0.39, 0.29) is 0 Å². The standard InChI is InChI=1S/C17H16Cl2N2S/c1-20-8-7-11-9-12(18)5-6-15(11)22-16-10-21-14-4-2-3-13(19)17(14)16/h2-6,9-10,20-21H,7-8H2,1H3. The van der Waals surface area contributed by atoms with E-state index in [9.17, 15) is 0 Å². The average Bonchev–Trinajstić information content (AvgIpc) is 2.92. The Morgan fingerprint density at radius 3 is 2.82 bits per heavy atom. The van der Waals surface area contributed by atoms with Gasteiger partial charge in [-0.1, -0.05) is 41.0 Å². The Morgan fingerprint density at radius 2 is 2.00 bits per heavy atom. The van der Waals surface area contributed by atoms with Gasteiger partial charge in [0.2, 0.25) is 0 Å². The average molecular weight is 351 g/mol. The number of nitrogens with one attached hydrogen (secondary N) is 2. The van der Waals surface area contributed by atoms with E-state index in [4.69, 9.17) is 23.2 Å². The first-order valence-electron chi connectivity index (χ1n) is 7.05. The number of rotatable bonds is 5. The summed E-state index contributed by atoms with van der Waals surface area (Å²) in [5.74, 6) is 0. The fourth-order valence-electron chi connectivity index (χ4n) is 2.41. The van der Waals surface area contributed by atoms with Gasteiger partial charge in [0.05, 0.1) is 5.02 Å². The van der Waals surface area contributed by atoms with Crippen molar-refractivity contribution in [3.05, 3.63) is 58.2 Å². The number of aromatic amines is 1. The van der Waals surface area contributed by atoms with Crippen molar-refractivity contribution in [2.45, 2.75) is 16.2 Å². The second-order valence-electron chi connectivity index (χ2n) is 5.02. The van der Waals surface area contributed by atoms with Crippen molar-refractivity contribution in [2.75, 3.05) is 13.6 Å². The van der Waals surface area contributed by atoms with Crippen LogP contribution in [0.5, 0.6) is 0 Å². The maximum Gasteiger partial charge on any atom is 0.0511 e. The van der Waals surface area contributed by atoms with Gasteiger partial charge >= 0.3 is 0 Å². The number of H-pyrrole nitrogens is 1. The van der Waals surface area contributed by atoms with Gasteiger partial charge in [0.25, 0.3) is 0 Å². The van der Waals surface area contributed by atoms with Crippen LogP contribution in [0.15, 0.2) is 52.4 Å². The molecule has 0 saturated heterocycles. The number of likely N-dealkylation sites (N-methyl/N-ethyl adjacent to an activating group) is 1. The maximum absolute atomic E-state index is 6.35. The molecule has 0 saturated carbocycles. The van der Waals surface area contributed by atoms with Crippen molar-refractivity contribution in [2.24, 2.45) is 0 Å². The minimum atomic E-state index is 0.770. The summed E-state index contributed by atoms with van der Waals surface area (Å²) in [6.45, 7) is 0.919. The molecule has 3 rings (SSSR count). The lowest BCUT2D eigenvalue weighted by Gasteiger charge is -2.09. The quantitative estimate of drug-likeness (QED) is 0.645. The summed E-state index contributed by atoms with van der Waals surface area (Å²) in [6.07, 6.45) is 2.95. The molecule has 0 aliphatic heterocycles. The highest BCUT2D eigenvalue weighted by molar-refractivity contribution is 7.99. The lowest BCUT2D eigenvalue weighted by Crippen LogP contribution is -2.10. The molecule has 22 heavy (non-hydrogen) atoms. The van der Waals surface area contributed by atoms with Crippen LogP contribution >= 0.6 is 35.0 Å². The fourth-order valence-corrected chi connectivity index (χ4v) is 4.04. The van der Waals surface area contributed by atoms with E-state index in [2.05, 4.69) is 16.4 Å². The Bertz CT molecular complexity index is 798. The summed E-state index contributed by atoms with van der Waals surface area (Å²) in [5.41, 5.74) is 2.30. The lowest BCUT2D eigenvalue weighted by atomic mass is 10.1. The van der Waals surface area contributed by atoms with Crippen LogP contribution in [0, 0.1) is 0 Å². The Labute approximate surface area is 144 Å². The summed E-state index contributed by atoms with van der Waals surface area (Å²) in [4.78, 5) is 5.62. The van der Waals surface area contributed by atoms with Gasteiger partial charge in [-0.3, -0.25) is 0 Å². The van der Waals surface area contributed by atoms with Gasteiger partial charge in [-0.25, -0.2) is 0 Å². The highest BCUT2D eigenvalue weighted by atomic mass is 35.5. The predicted molar refractivity (Wildman–Crippen MR) is 96.5 cm³/mol. The molecule has 0 spiro atoms. The van der Waals surface area contributed by atoms with E-state index in [1.807, 2.05) is 43.6 Å². The van der Waals surface area contributed by atoms with Crippen LogP contribution in [0.3, 0.4) is 0 Å². The Balaban J connectivity index is 1.98. The largest absolute Gasteiger partial charge is 0.360 e. The van der Waals surface area contributed by atoms with Crippen LogP contribution < -0.4 is 5.32 Å². The first-order chi connectivity index (χ1) is 10.7. The van der Waals surface area contributed by atoms with Crippen molar-refractivity contribution < 1.29 is 0 Å². The van der Waals surface area contributed by atoms with E-state index >= 15 is 0 Å². The van der Waals surface area contributed by atoms with Crippen LogP contribution in [0.4, 0.5) is 0 Å². The monoisotopic (exact) mass is 350 g/mol. The van der Waals surface area contributed by atoms with Gasteiger partial charge in [-0.15, -0.1) is 0 Å². The van der Waals surface area contributed by atoms with Gasteiger partial charge in [0, 0.05) is 31.9 Å². The van der Waals surface area contributed by atoms with E-state index in [0.717, 1.165) is 38.8 Å². The second kappa shape index (κ2) is 6.97. The topological polar surface area (TPSA) is 27.8 Å². The predicted octanol–water partition coefficient (Wildman–Crippen LogP) is 5.39. The molecule has 0 atom stereocenters. The van der Waals surface area contributed by atoms with E-state index in [1.165, 1.54) is 10.5 Å². The molecule has 114 valence electrons. The van der Waals surface area contributed by atoms with Crippen molar-refractivity contribution in [1.29, 1.82) is 0 Å². The first kappa shape index (κ1) is 15.8. The summed E-state index contributed by atoms with van der Waals surface area (Å²) in [7, 11) is 1.96. The lowest BCUT2D eigenvalue weighted by molar-refractivity contribution is 0.783. The van der Waals surface area contributed by atoms with E-state index in [0.29, 0.717) is 0 Å². The maximum atomic E-state index is 6.35. The van der Waals surface area contributed by atoms with E-state index in [1.54, 1.807) is 11.8 Å². The van der Waals surface area contributed by atoms with Gasteiger partial charge < -0.3 is 10.3 Å². The van der Waals surface area contributed by atoms with Crippen molar-refractivity contribution in [3.8, 4) is 0 Å². The minimum Gasteiger partial charge on any atom is -0.360 e. The van der Waals surface area contributed by atoms with Gasteiger partial charge in [0.1, 0.15) is 0 Å². The molecule has 2 aromatic carbocycles. The second-order valence-corrected chi connectivity index (χ2v) is 6.95. The third-order valence-electron chi connectivity index (χ3n) is 3.51. The van der Waals surface area contributed by atoms with E-state index < -0.39 is 0 Å². The highest BCUT2D eigenvalue weighted by Gasteiger charge is 2.11. The van der Waals surface area contributed by atoms with Gasteiger partial charge in [0.15, 0.2) is 0 Å². The molecule has 5 heteroatoms. The molecule has 1 aromatic heterocycles. The number of hydrogen-bond acceptors (Lipinski definition) is 2. The molecule has 0 unspecified atom stereocenters. The molecule has 2 N–H and O–H groups in total. The molecule has 0 bridgehead atoms. The van der Waals surface area contributed by atoms with Crippen LogP contribution in [0.25, 0.3) is 10.9 Å². The zero-order valence-electron chi connectivity index (χ0n) is 12.1. The molecule has 0 radical (unpaired) electrons.